The van der Waals surface area contributed by atoms with Crippen LogP contribution in [-0.2, 0) is 32.6 Å². The van der Waals surface area contributed by atoms with E-state index in [1.54, 1.807) is 36.4 Å². The molecule has 0 saturated heterocycles. The van der Waals surface area contributed by atoms with Gasteiger partial charge in [-0.2, -0.15) is 0 Å². The van der Waals surface area contributed by atoms with Gasteiger partial charge in [0.25, 0.3) is 10.0 Å². The van der Waals surface area contributed by atoms with Gasteiger partial charge in [0.05, 0.1) is 10.6 Å². The lowest BCUT2D eigenvalue weighted by molar-refractivity contribution is -0.140. The standard InChI is InChI=1S/C35H39N3O4S/c1-5-36-35(40)33(23-29-11-7-6-8-12-29)37(24-30-13-9-10-28(4)22-30)34(39)25-38(31-18-14-26(2)15-19-31)43(41,42)32-20-16-27(3)17-21-32/h6-22,33H,5,23-25H2,1-4H3,(H,36,40)/t33-/m0/s1. The summed E-state index contributed by atoms with van der Waals surface area (Å²) in [6.45, 7) is 7.66. The number of carbonyl (C=O) groups is 2. The first-order chi connectivity index (χ1) is 20.6. The fourth-order valence-corrected chi connectivity index (χ4v) is 6.34. The van der Waals surface area contributed by atoms with Crippen molar-refractivity contribution < 1.29 is 18.0 Å². The number of nitrogens with zero attached hydrogens (tertiary/aromatic N) is 2. The Morgan fingerprint density at radius 2 is 1.35 bits per heavy atom. The molecule has 7 nitrogen and oxygen atoms in total. The Hall–Kier alpha value is -4.43. The van der Waals surface area contributed by atoms with Crippen LogP contribution in [0.4, 0.5) is 5.69 Å². The van der Waals surface area contributed by atoms with Crippen molar-refractivity contribution in [2.75, 3.05) is 17.4 Å². The first-order valence-corrected chi connectivity index (χ1v) is 15.8. The van der Waals surface area contributed by atoms with E-state index in [-0.39, 0.29) is 23.8 Å². The van der Waals surface area contributed by atoms with Crippen molar-refractivity contribution in [2.24, 2.45) is 0 Å². The van der Waals surface area contributed by atoms with Crippen LogP contribution in [0.5, 0.6) is 0 Å². The summed E-state index contributed by atoms with van der Waals surface area (Å²) in [6.07, 6.45) is 0.277. The van der Waals surface area contributed by atoms with E-state index in [9.17, 15) is 18.0 Å². The SMILES string of the molecule is CCNC(=O)[C@H](Cc1ccccc1)N(Cc1cccc(C)c1)C(=O)CN(c1ccc(C)cc1)S(=O)(=O)c1ccc(C)cc1. The van der Waals surface area contributed by atoms with Crippen molar-refractivity contribution in [1.82, 2.24) is 10.2 Å². The topological polar surface area (TPSA) is 86.8 Å². The maximum atomic E-state index is 14.4. The number of benzene rings is 4. The number of sulfonamides is 1. The molecule has 0 aliphatic heterocycles. The third-order valence-corrected chi connectivity index (χ3v) is 9.06. The highest BCUT2D eigenvalue weighted by molar-refractivity contribution is 7.92. The molecule has 1 atom stereocenters. The second-order valence-electron chi connectivity index (χ2n) is 10.8. The fourth-order valence-electron chi connectivity index (χ4n) is 4.93. The molecule has 0 fully saturated rings. The van der Waals surface area contributed by atoms with Crippen LogP contribution >= 0.6 is 0 Å². The number of rotatable bonds is 12. The average Bonchev–Trinajstić information content (AvgIpc) is 2.99. The van der Waals surface area contributed by atoms with Gasteiger partial charge in [-0.25, -0.2) is 8.42 Å². The van der Waals surface area contributed by atoms with E-state index in [2.05, 4.69) is 5.32 Å². The second-order valence-corrected chi connectivity index (χ2v) is 12.6. The van der Waals surface area contributed by atoms with Gasteiger partial charge in [0.1, 0.15) is 12.6 Å². The Morgan fingerprint density at radius 1 is 0.744 bits per heavy atom. The van der Waals surface area contributed by atoms with Crippen molar-refractivity contribution in [3.05, 3.63) is 131 Å². The summed E-state index contributed by atoms with van der Waals surface area (Å²) in [6, 6.07) is 30.0. The van der Waals surface area contributed by atoms with Crippen molar-refractivity contribution >= 4 is 27.5 Å². The van der Waals surface area contributed by atoms with Gasteiger partial charge >= 0.3 is 0 Å². The van der Waals surface area contributed by atoms with Crippen LogP contribution in [0.15, 0.2) is 108 Å². The van der Waals surface area contributed by atoms with Gasteiger partial charge in [0.2, 0.25) is 11.8 Å². The van der Waals surface area contributed by atoms with Crippen LogP contribution in [0.2, 0.25) is 0 Å². The van der Waals surface area contributed by atoms with Gasteiger partial charge in [0, 0.05) is 19.5 Å². The molecule has 0 unspecified atom stereocenters. The summed E-state index contributed by atoms with van der Waals surface area (Å²) in [7, 11) is -4.12. The van der Waals surface area contributed by atoms with Crippen molar-refractivity contribution in [3.63, 3.8) is 0 Å². The maximum absolute atomic E-state index is 14.4. The molecule has 0 spiro atoms. The predicted octanol–water partition coefficient (Wildman–Crippen LogP) is 5.58. The van der Waals surface area contributed by atoms with Gasteiger partial charge in [-0.1, -0.05) is 95.6 Å². The van der Waals surface area contributed by atoms with E-state index in [4.69, 9.17) is 0 Å². The minimum absolute atomic E-state index is 0.0845. The summed E-state index contributed by atoms with van der Waals surface area (Å²) in [5, 5.41) is 2.89. The molecule has 0 aliphatic carbocycles. The number of aryl methyl sites for hydroxylation is 3. The molecule has 0 aromatic heterocycles. The van der Waals surface area contributed by atoms with Gasteiger partial charge in [-0.05, 0) is 63.1 Å². The lowest BCUT2D eigenvalue weighted by Gasteiger charge is -2.34. The molecule has 2 amide bonds. The first kappa shape index (κ1) is 31.5. The zero-order valence-corrected chi connectivity index (χ0v) is 26.0. The average molecular weight is 598 g/mol. The number of hydrogen-bond donors (Lipinski definition) is 1. The van der Waals surface area contributed by atoms with E-state index in [0.717, 1.165) is 32.1 Å². The van der Waals surface area contributed by atoms with Gasteiger partial charge in [-0.15, -0.1) is 0 Å². The third-order valence-electron chi connectivity index (χ3n) is 7.27. The lowest BCUT2D eigenvalue weighted by atomic mass is 10.0. The predicted molar refractivity (Wildman–Crippen MR) is 171 cm³/mol. The zero-order valence-electron chi connectivity index (χ0n) is 25.2. The number of carbonyl (C=O) groups excluding carboxylic acids is 2. The first-order valence-electron chi connectivity index (χ1n) is 14.4. The van der Waals surface area contributed by atoms with E-state index in [1.165, 1.54) is 4.90 Å². The van der Waals surface area contributed by atoms with Crippen molar-refractivity contribution in [2.45, 2.75) is 51.6 Å². The van der Waals surface area contributed by atoms with Crippen LogP contribution in [0.3, 0.4) is 0 Å². The fraction of sp³-hybridized carbons (Fsp3) is 0.257. The van der Waals surface area contributed by atoms with Crippen LogP contribution in [0.25, 0.3) is 0 Å². The molecule has 43 heavy (non-hydrogen) atoms. The lowest BCUT2D eigenvalue weighted by Crippen LogP contribution is -2.53. The van der Waals surface area contributed by atoms with Crippen LogP contribution in [-0.4, -0.2) is 44.3 Å². The normalized spacial score (nSPS) is 11.9. The smallest absolute Gasteiger partial charge is 0.264 e. The summed E-state index contributed by atoms with van der Waals surface area (Å²) < 4.78 is 29.3. The molecule has 224 valence electrons. The zero-order chi connectivity index (χ0) is 31.0. The molecule has 8 heteroatoms. The van der Waals surface area contributed by atoms with Crippen molar-refractivity contribution in [1.29, 1.82) is 0 Å². The molecule has 0 heterocycles. The third kappa shape index (κ3) is 8.11. The Kier molecular flexibility index (Phi) is 10.4. The van der Waals surface area contributed by atoms with E-state index >= 15 is 0 Å². The molecule has 4 aromatic carbocycles. The quantitative estimate of drug-likeness (QED) is 0.231. The molecular formula is C35H39N3O4S. The van der Waals surface area contributed by atoms with E-state index in [1.807, 2.05) is 94.4 Å². The number of nitrogens with one attached hydrogen (secondary N) is 1. The van der Waals surface area contributed by atoms with E-state index < -0.39 is 28.5 Å². The van der Waals surface area contributed by atoms with Crippen LogP contribution in [0.1, 0.15) is 34.7 Å². The monoisotopic (exact) mass is 597 g/mol. The van der Waals surface area contributed by atoms with Gasteiger partial charge in [-0.3, -0.25) is 13.9 Å². The summed E-state index contributed by atoms with van der Waals surface area (Å²) >= 11 is 0. The molecule has 4 rings (SSSR count). The Balaban J connectivity index is 1.79. The minimum atomic E-state index is -4.12. The summed E-state index contributed by atoms with van der Waals surface area (Å²) in [5.41, 5.74) is 5.01. The highest BCUT2D eigenvalue weighted by Gasteiger charge is 2.34. The highest BCUT2D eigenvalue weighted by atomic mass is 32.2. The number of likely N-dealkylation sites (N-methyl/N-ethyl adjacent to an activating group) is 1. The minimum Gasteiger partial charge on any atom is -0.355 e. The highest BCUT2D eigenvalue weighted by Crippen LogP contribution is 2.26. The number of amides is 2. The van der Waals surface area contributed by atoms with Crippen LogP contribution in [0, 0.1) is 20.8 Å². The maximum Gasteiger partial charge on any atom is 0.264 e. The molecule has 0 saturated carbocycles. The molecule has 0 bridgehead atoms. The van der Waals surface area contributed by atoms with Gasteiger partial charge < -0.3 is 10.2 Å². The molecule has 0 radical (unpaired) electrons. The van der Waals surface area contributed by atoms with Crippen LogP contribution < -0.4 is 9.62 Å². The summed E-state index contributed by atoms with van der Waals surface area (Å²) in [4.78, 5) is 29.5. The van der Waals surface area contributed by atoms with Gasteiger partial charge in [0.15, 0.2) is 0 Å². The Morgan fingerprint density at radius 3 is 1.95 bits per heavy atom. The largest absolute Gasteiger partial charge is 0.355 e. The molecule has 4 aromatic rings. The number of hydrogen-bond acceptors (Lipinski definition) is 4. The molecular weight excluding hydrogens is 558 g/mol. The molecule has 1 N–H and O–H groups in total. The second kappa shape index (κ2) is 14.2. The Labute approximate surface area is 255 Å². The number of anilines is 1. The Bertz CT molecular complexity index is 1640. The van der Waals surface area contributed by atoms with E-state index in [0.29, 0.717) is 12.2 Å². The van der Waals surface area contributed by atoms with Crippen molar-refractivity contribution in [3.8, 4) is 0 Å². The molecule has 0 aliphatic rings. The summed E-state index contributed by atoms with van der Waals surface area (Å²) in [5.74, 6) is -0.777.